The van der Waals surface area contributed by atoms with Gasteiger partial charge in [-0.25, -0.2) is 0 Å². The highest BCUT2D eigenvalue weighted by atomic mass is 79.9. The van der Waals surface area contributed by atoms with Crippen LogP contribution in [-0.4, -0.2) is 13.2 Å². The van der Waals surface area contributed by atoms with Crippen LogP contribution in [-0.2, 0) is 6.54 Å². The molecular weight excluding hydrogens is 278 g/mol. The van der Waals surface area contributed by atoms with E-state index in [0.29, 0.717) is 5.92 Å². The molecule has 0 amide bonds. The van der Waals surface area contributed by atoms with Crippen molar-refractivity contribution in [1.82, 2.24) is 5.32 Å². The average molecular weight is 300 g/mol. The third kappa shape index (κ3) is 5.55. The molecule has 0 aliphatic heterocycles. The lowest BCUT2D eigenvalue weighted by Crippen LogP contribution is -2.18. The average Bonchev–Trinajstić information content (AvgIpc) is 2.27. The molecule has 0 saturated heterocycles. The summed E-state index contributed by atoms with van der Waals surface area (Å²) >= 11 is 3.55. The molecule has 0 heterocycles. The first-order valence-corrected chi connectivity index (χ1v) is 7.04. The molecule has 0 bridgehead atoms. The molecule has 1 aromatic rings. The third-order valence-electron chi connectivity index (χ3n) is 2.34. The molecule has 0 radical (unpaired) electrons. The summed E-state index contributed by atoms with van der Waals surface area (Å²) in [5.41, 5.74) is 1.28. The normalized spacial score (nSPS) is 10.9. The van der Waals surface area contributed by atoms with Gasteiger partial charge in [0, 0.05) is 6.54 Å². The topological polar surface area (TPSA) is 21.3 Å². The van der Waals surface area contributed by atoms with Crippen LogP contribution in [0.4, 0.5) is 0 Å². The molecule has 1 N–H and O–H groups in total. The largest absolute Gasteiger partial charge is 0.492 e. The van der Waals surface area contributed by atoms with Gasteiger partial charge in [0.25, 0.3) is 0 Å². The lowest BCUT2D eigenvalue weighted by atomic mass is 10.2. The van der Waals surface area contributed by atoms with Gasteiger partial charge in [-0.3, -0.25) is 0 Å². The van der Waals surface area contributed by atoms with Gasteiger partial charge in [-0.15, -0.1) is 0 Å². The van der Waals surface area contributed by atoms with Crippen LogP contribution in [0.1, 0.15) is 32.8 Å². The van der Waals surface area contributed by atoms with Gasteiger partial charge in [-0.2, -0.15) is 0 Å². The number of ether oxygens (including phenoxy) is 1. The van der Waals surface area contributed by atoms with E-state index < -0.39 is 0 Å². The number of nitrogens with one attached hydrogen (secondary N) is 1. The zero-order chi connectivity index (χ0) is 12.7. The molecule has 0 saturated carbocycles. The Morgan fingerprint density at radius 1 is 1.35 bits per heavy atom. The van der Waals surface area contributed by atoms with Crippen LogP contribution < -0.4 is 10.1 Å². The van der Waals surface area contributed by atoms with E-state index in [4.69, 9.17) is 4.74 Å². The van der Waals surface area contributed by atoms with Crippen LogP contribution in [0.25, 0.3) is 0 Å². The zero-order valence-corrected chi connectivity index (χ0v) is 12.5. The Hall–Kier alpha value is -0.540. The van der Waals surface area contributed by atoms with Crippen molar-refractivity contribution in [3.63, 3.8) is 0 Å². The van der Waals surface area contributed by atoms with Crippen LogP contribution in [0.3, 0.4) is 0 Å². The predicted molar refractivity (Wildman–Crippen MR) is 76.5 cm³/mol. The second kappa shape index (κ2) is 7.72. The molecule has 0 unspecified atom stereocenters. The van der Waals surface area contributed by atoms with Gasteiger partial charge in [0.2, 0.25) is 0 Å². The highest BCUT2D eigenvalue weighted by molar-refractivity contribution is 9.10. The fourth-order valence-electron chi connectivity index (χ4n) is 1.49. The molecule has 96 valence electrons. The quantitative estimate of drug-likeness (QED) is 0.822. The lowest BCUT2D eigenvalue weighted by Gasteiger charge is -2.10. The Kier molecular flexibility index (Phi) is 6.60. The van der Waals surface area contributed by atoms with E-state index in [1.165, 1.54) is 5.56 Å². The van der Waals surface area contributed by atoms with Gasteiger partial charge >= 0.3 is 0 Å². The summed E-state index contributed by atoms with van der Waals surface area (Å²) in [7, 11) is 0. The van der Waals surface area contributed by atoms with Crippen molar-refractivity contribution >= 4 is 15.9 Å². The van der Waals surface area contributed by atoms with Crippen LogP contribution in [0.15, 0.2) is 22.7 Å². The molecule has 0 aliphatic carbocycles. The Bertz CT molecular complexity index is 339. The number of benzene rings is 1. The van der Waals surface area contributed by atoms with E-state index >= 15 is 0 Å². The van der Waals surface area contributed by atoms with E-state index in [-0.39, 0.29) is 0 Å². The molecule has 2 nitrogen and oxygen atoms in total. The molecule has 3 heteroatoms. The maximum absolute atomic E-state index is 5.62. The van der Waals surface area contributed by atoms with Crippen LogP contribution in [0, 0.1) is 5.92 Å². The second-order valence-electron chi connectivity index (χ2n) is 4.64. The number of halogens is 1. The Morgan fingerprint density at radius 3 is 2.71 bits per heavy atom. The van der Waals surface area contributed by atoms with Crippen LogP contribution >= 0.6 is 15.9 Å². The lowest BCUT2D eigenvalue weighted by molar-refractivity contribution is 0.315. The Balaban J connectivity index is 2.50. The van der Waals surface area contributed by atoms with E-state index in [0.717, 1.165) is 36.3 Å². The summed E-state index contributed by atoms with van der Waals surface area (Å²) in [6, 6.07) is 6.27. The van der Waals surface area contributed by atoms with Crippen molar-refractivity contribution in [2.75, 3.05) is 13.2 Å². The predicted octanol–water partition coefficient (Wildman–Crippen LogP) is 3.98. The SMILES string of the molecule is CCCOc1ccc(CNCC(C)C)cc1Br. The molecule has 1 aromatic carbocycles. The standard InChI is InChI=1S/C14H22BrNO/c1-4-7-17-14-6-5-12(8-13(14)15)10-16-9-11(2)3/h5-6,8,11,16H,4,7,9-10H2,1-3H3. The molecule has 17 heavy (non-hydrogen) atoms. The number of hydrogen-bond acceptors (Lipinski definition) is 2. The third-order valence-corrected chi connectivity index (χ3v) is 2.96. The second-order valence-corrected chi connectivity index (χ2v) is 5.49. The molecule has 0 aromatic heterocycles. The molecule has 0 fully saturated rings. The molecule has 0 aliphatic rings. The first-order chi connectivity index (χ1) is 8.13. The van der Waals surface area contributed by atoms with Crippen molar-refractivity contribution in [3.05, 3.63) is 28.2 Å². The summed E-state index contributed by atoms with van der Waals surface area (Å²) in [6.45, 7) is 9.26. The maximum Gasteiger partial charge on any atom is 0.133 e. The summed E-state index contributed by atoms with van der Waals surface area (Å²) in [5, 5.41) is 3.43. The van der Waals surface area contributed by atoms with Crippen LogP contribution in [0.2, 0.25) is 0 Å². The number of rotatable bonds is 7. The van der Waals surface area contributed by atoms with Crippen molar-refractivity contribution < 1.29 is 4.74 Å². The van der Waals surface area contributed by atoms with Gasteiger partial charge in [-0.1, -0.05) is 26.8 Å². The van der Waals surface area contributed by atoms with Gasteiger partial charge in [0.1, 0.15) is 5.75 Å². The minimum Gasteiger partial charge on any atom is -0.492 e. The van der Waals surface area contributed by atoms with Gasteiger partial charge in [-0.05, 0) is 52.5 Å². The summed E-state index contributed by atoms with van der Waals surface area (Å²) in [5.74, 6) is 1.62. The minimum absolute atomic E-state index is 0.686. The molecular formula is C14H22BrNO. The van der Waals surface area contributed by atoms with Gasteiger partial charge < -0.3 is 10.1 Å². The van der Waals surface area contributed by atoms with Crippen molar-refractivity contribution in [2.24, 2.45) is 5.92 Å². The van der Waals surface area contributed by atoms with E-state index in [2.05, 4.69) is 54.2 Å². The maximum atomic E-state index is 5.62. The smallest absolute Gasteiger partial charge is 0.133 e. The number of hydrogen-bond donors (Lipinski definition) is 1. The van der Waals surface area contributed by atoms with E-state index in [1.54, 1.807) is 0 Å². The Labute approximate surface area is 113 Å². The van der Waals surface area contributed by atoms with Crippen molar-refractivity contribution in [2.45, 2.75) is 33.7 Å². The van der Waals surface area contributed by atoms with E-state index in [1.807, 2.05) is 6.07 Å². The van der Waals surface area contributed by atoms with E-state index in [9.17, 15) is 0 Å². The Morgan fingerprint density at radius 2 is 2.12 bits per heavy atom. The minimum atomic E-state index is 0.686. The van der Waals surface area contributed by atoms with Gasteiger partial charge in [0.15, 0.2) is 0 Å². The summed E-state index contributed by atoms with van der Waals surface area (Å²) < 4.78 is 6.65. The highest BCUT2D eigenvalue weighted by Crippen LogP contribution is 2.26. The monoisotopic (exact) mass is 299 g/mol. The zero-order valence-electron chi connectivity index (χ0n) is 10.9. The summed E-state index contributed by atoms with van der Waals surface area (Å²) in [4.78, 5) is 0. The van der Waals surface area contributed by atoms with Crippen molar-refractivity contribution in [3.8, 4) is 5.75 Å². The molecule has 1 rings (SSSR count). The van der Waals surface area contributed by atoms with Crippen molar-refractivity contribution in [1.29, 1.82) is 0 Å². The fraction of sp³-hybridized carbons (Fsp3) is 0.571. The first kappa shape index (κ1) is 14.5. The fourth-order valence-corrected chi connectivity index (χ4v) is 2.03. The summed E-state index contributed by atoms with van der Waals surface area (Å²) in [6.07, 6.45) is 1.03. The molecule has 0 spiro atoms. The highest BCUT2D eigenvalue weighted by Gasteiger charge is 2.02. The van der Waals surface area contributed by atoms with Gasteiger partial charge in [0.05, 0.1) is 11.1 Å². The first-order valence-electron chi connectivity index (χ1n) is 6.25. The molecule has 0 atom stereocenters. The van der Waals surface area contributed by atoms with Crippen LogP contribution in [0.5, 0.6) is 5.75 Å².